The van der Waals surface area contributed by atoms with Crippen molar-refractivity contribution in [3.05, 3.63) is 22.8 Å². The summed E-state index contributed by atoms with van der Waals surface area (Å²) in [6, 6.07) is 2.72. The molecule has 1 aliphatic heterocycles. The van der Waals surface area contributed by atoms with Crippen LogP contribution in [0.5, 0.6) is 0 Å². The number of sulfone groups is 1. The summed E-state index contributed by atoms with van der Waals surface area (Å²) in [5, 5.41) is 5.91. The van der Waals surface area contributed by atoms with Crippen molar-refractivity contribution in [2.75, 3.05) is 23.4 Å². The van der Waals surface area contributed by atoms with Gasteiger partial charge in [0.05, 0.1) is 11.5 Å². The third-order valence-corrected chi connectivity index (χ3v) is 4.94. The lowest BCUT2D eigenvalue weighted by Crippen LogP contribution is -2.35. The maximum Gasteiger partial charge on any atom is 0.251 e. The molecule has 0 spiro atoms. The van der Waals surface area contributed by atoms with E-state index >= 15 is 0 Å². The van der Waals surface area contributed by atoms with Crippen molar-refractivity contribution in [1.82, 2.24) is 10.3 Å². The van der Waals surface area contributed by atoms with E-state index in [1.54, 1.807) is 6.07 Å². The number of aromatic nitrogens is 1. The van der Waals surface area contributed by atoms with Gasteiger partial charge in [0.1, 0.15) is 11.0 Å². The first-order valence-electron chi connectivity index (χ1n) is 6.32. The van der Waals surface area contributed by atoms with Crippen LogP contribution in [-0.4, -0.2) is 43.4 Å². The summed E-state index contributed by atoms with van der Waals surface area (Å²) in [6.07, 6.45) is 0.451. The topological polar surface area (TPSA) is 88.2 Å². The predicted molar refractivity (Wildman–Crippen MR) is 77.9 cm³/mol. The number of amides is 1. The predicted octanol–water partition coefficient (Wildman–Crippen LogP) is 1.08. The van der Waals surface area contributed by atoms with Crippen LogP contribution in [0, 0.1) is 0 Å². The molecule has 1 fully saturated rings. The second-order valence-electron chi connectivity index (χ2n) is 4.67. The van der Waals surface area contributed by atoms with Gasteiger partial charge < -0.3 is 10.6 Å². The summed E-state index contributed by atoms with van der Waals surface area (Å²) in [4.78, 5) is 16.1. The Morgan fingerprint density at radius 1 is 1.50 bits per heavy atom. The first-order valence-corrected chi connectivity index (χ1v) is 8.52. The molecule has 0 bridgehead atoms. The maximum atomic E-state index is 12.1. The molecule has 0 aliphatic carbocycles. The molecular weight excluding hydrogens is 302 g/mol. The Balaban J connectivity index is 2.09. The van der Waals surface area contributed by atoms with Gasteiger partial charge in [-0.3, -0.25) is 4.79 Å². The Kier molecular flexibility index (Phi) is 4.49. The number of rotatable bonds is 4. The van der Waals surface area contributed by atoms with Crippen molar-refractivity contribution < 1.29 is 13.2 Å². The van der Waals surface area contributed by atoms with E-state index in [9.17, 15) is 13.2 Å². The molecule has 0 aromatic carbocycles. The molecule has 6 nitrogen and oxygen atoms in total. The van der Waals surface area contributed by atoms with Crippen LogP contribution in [0.25, 0.3) is 0 Å². The van der Waals surface area contributed by atoms with Gasteiger partial charge in [-0.1, -0.05) is 11.6 Å². The number of pyridine rings is 1. The third kappa shape index (κ3) is 3.83. The highest BCUT2D eigenvalue weighted by molar-refractivity contribution is 7.91. The van der Waals surface area contributed by atoms with Crippen LogP contribution in [0.1, 0.15) is 23.7 Å². The highest BCUT2D eigenvalue weighted by Gasteiger charge is 2.29. The van der Waals surface area contributed by atoms with Crippen molar-refractivity contribution in [1.29, 1.82) is 0 Å². The van der Waals surface area contributed by atoms with Gasteiger partial charge in [-0.2, -0.15) is 0 Å². The van der Waals surface area contributed by atoms with Crippen LogP contribution in [0.4, 0.5) is 5.82 Å². The molecule has 2 heterocycles. The molecule has 2 rings (SSSR count). The summed E-state index contributed by atoms with van der Waals surface area (Å²) in [6.45, 7) is 2.57. The van der Waals surface area contributed by atoms with E-state index in [4.69, 9.17) is 11.6 Å². The summed E-state index contributed by atoms with van der Waals surface area (Å²) in [5.41, 5.74) is 0.366. The average molecular weight is 318 g/mol. The second kappa shape index (κ2) is 5.97. The summed E-state index contributed by atoms with van der Waals surface area (Å²) >= 11 is 5.86. The quantitative estimate of drug-likeness (QED) is 0.811. The van der Waals surface area contributed by atoms with Crippen LogP contribution in [0.2, 0.25) is 5.15 Å². The lowest BCUT2D eigenvalue weighted by molar-refractivity contribution is 0.0941. The molecule has 1 aliphatic rings. The van der Waals surface area contributed by atoms with Crippen molar-refractivity contribution >= 4 is 33.2 Å². The number of carbonyl (C=O) groups excluding carboxylic acids is 1. The molecule has 110 valence electrons. The van der Waals surface area contributed by atoms with E-state index in [0.717, 1.165) is 0 Å². The van der Waals surface area contributed by atoms with Gasteiger partial charge in [0.25, 0.3) is 5.91 Å². The molecule has 1 aromatic rings. The van der Waals surface area contributed by atoms with E-state index in [1.807, 2.05) is 6.92 Å². The molecule has 1 atom stereocenters. The Hall–Kier alpha value is -1.34. The molecule has 8 heteroatoms. The van der Waals surface area contributed by atoms with Crippen molar-refractivity contribution in [2.45, 2.75) is 19.4 Å². The SMILES string of the molecule is CCNc1cc(C(=O)NC2CCS(=O)(=O)C2)cc(Cl)n1. The summed E-state index contributed by atoms with van der Waals surface area (Å²) in [7, 11) is -3.01. The van der Waals surface area contributed by atoms with Crippen molar-refractivity contribution in [3.8, 4) is 0 Å². The molecule has 0 radical (unpaired) electrons. The van der Waals surface area contributed by atoms with E-state index < -0.39 is 9.84 Å². The first-order chi connectivity index (χ1) is 9.39. The Morgan fingerprint density at radius 3 is 2.85 bits per heavy atom. The monoisotopic (exact) mass is 317 g/mol. The molecule has 1 amide bonds. The van der Waals surface area contributed by atoms with E-state index in [0.29, 0.717) is 24.3 Å². The Morgan fingerprint density at radius 2 is 2.25 bits per heavy atom. The zero-order valence-corrected chi connectivity index (χ0v) is 12.6. The van der Waals surface area contributed by atoms with Crippen LogP contribution >= 0.6 is 11.6 Å². The van der Waals surface area contributed by atoms with Crippen LogP contribution in [0.15, 0.2) is 12.1 Å². The molecule has 2 N–H and O–H groups in total. The third-order valence-electron chi connectivity index (χ3n) is 2.98. The van der Waals surface area contributed by atoms with E-state index in [1.165, 1.54) is 6.07 Å². The van der Waals surface area contributed by atoms with Crippen molar-refractivity contribution in [3.63, 3.8) is 0 Å². The molecule has 1 saturated heterocycles. The lowest BCUT2D eigenvalue weighted by Gasteiger charge is -2.12. The maximum absolute atomic E-state index is 12.1. The lowest BCUT2D eigenvalue weighted by atomic mass is 10.2. The molecule has 1 aromatic heterocycles. The van der Waals surface area contributed by atoms with Gasteiger partial charge in [-0.15, -0.1) is 0 Å². The van der Waals surface area contributed by atoms with Gasteiger partial charge >= 0.3 is 0 Å². The number of hydrogen-bond acceptors (Lipinski definition) is 5. The number of anilines is 1. The largest absolute Gasteiger partial charge is 0.370 e. The standard InChI is InChI=1S/C12H16ClN3O3S/c1-2-14-11-6-8(5-10(13)16-11)12(17)15-9-3-4-20(18,19)7-9/h5-6,9H,2-4,7H2,1H3,(H,14,16)(H,15,17). The Labute approximate surface area is 122 Å². The number of hydrogen-bond donors (Lipinski definition) is 2. The average Bonchev–Trinajstić information content (AvgIpc) is 2.68. The molecule has 0 saturated carbocycles. The molecule has 1 unspecified atom stereocenters. The minimum atomic E-state index is -3.01. The van der Waals surface area contributed by atoms with Crippen LogP contribution in [-0.2, 0) is 9.84 Å². The summed E-state index contributed by atoms with van der Waals surface area (Å²) < 4.78 is 22.7. The minimum Gasteiger partial charge on any atom is -0.370 e. The number of carbonyl (C=O) groups is 1. The normalized spacial score (nSPS) is 20.6. The smallest absolute Gasteiger partial charge is 0.251 e. The fraction of sp³-hybridized carbons (Fsp3) is 0.500. The van der Waals surface area contributed by atoms with E-state index in [2.05, 4.69) is 15.6 Å². The Bertz CT molecular complexity index is 618. The zero-order chi connectivity index (χ0) is 14.8. The van der Waals surface area contributed by atoms with Gasteiger partial charge in [0, 0.05) is 18.2 Å². The van der Waals surface area contributed by atoms with Gasteiger partial charge in [-0.25, -0.2) is 13.4 Å². The highest BCUT2D eigenvalue weighted by atomic mass is 35.5. The minimum absolute atomic E-state index is 0.00236. The molecule has 20 heavy (non-hydrogen) atoms. The van der Waals surface area contributed by atoms with Crippen LogP contribution in [0.3, 0.4) is 0 Å². The first kappa shape index (κ1) is 15.1. The number of halogens is 1. The fourth-order valence-corrected chi connectivity index (χ4v) is 3.96. The highest BCUT2D eigenvalue weighted by Crippen LogP contribution is 2.16. The number of nitrogens with zero attached hydrogens (tertiary/aromatic N) is 1. The second-order valence-corrected chi connectivity index (χ2v) is 7.28. The van der Waals surface area contributed by atoms with E-state index in [-0.39, 0.29) is 28.6 Å². The fourth-order valence-electron chi connectivity index (χ4n) is 2.08. The summed E-state index contributed by atoms with van der Waals surface area (Å²) in [5.74, 6) is 0.301. The van der Waals surface area contributed by atoms with Crippen molar-refractivity contribution in [2.24, 2.45) is 0 Å². The zero-order valence-electron chi connectivity index (χ0n) is 11.0. The number of nitrogens with one attached hydrogen (secondary N) is 2. The van der Waals surface area contributed by atoms with Crippen LogP contribution < -0.4 is 10.6 Å². The molecular formula is C12H16ClN3O3S. The van der Waals surface area contributed by atoms with Gasteiger partial charge in [0.2, 0.25) is 0 Å². The van der Waals surface area contributed by atoms with Gasteiger partial charge in [0.15, 0.2) is 9.84 Å². The van der Waals surface area contributed by atoms with Gasteiger partial charge in [-0.05, 0) is 25.5 Å².